The SMILES string of the molecule is [C-]#[N+]c1ccc(C2(OCC(=O)N3CC4CC[C@@H](C3)N4c3ccc(C#N)cn3)CC2)cc1. The lowest BCUT2D eigenvalue weighted by Gasteiger charge is -2.41. The van der Waals surface area contributed by atoms with E-state index < -0.39 is 0 Å². The first kappa shape index (κ1) is 19.5. The molecule has 31 heavy (non-hydrogen) atoms. The molecule has 2 saturated heterocycles. The monoisotopic (exact) mass is 413 g/mol. The summed E-state index contributed by atoms with van der Waals surface area (Å²) >= 11 is 0. The molecule has 2 aliphatic heterocycles. The number of aromatic nitrogens is 1. The Labute approximate surface area is 181 Å². The standard InChI is InChI=1S/C24H23N5O2/c1-26-19-5-3-18(4-6-19)24(10-11-24)31-16-23(30)28-14-20-7-8-21(15-28)29(20)22-9-2-17(12-25)13-27-22/h2-6,9,13,20-21H,7-8,10-11,14-16H2/t20-,21?/m0/s1. The molecule has 156 valence electrons. The Morgan fingerprint density at radius 3 is 2.45 bits per heavy atom. The first-order valence-corrected chi connectivity index (χ1v) is 10.7. The molecule has 2 bridgehead atoms. The number of nitriles is 1. The van der Waals surface area contributed by atoms with E-state index in [4.69, 9.17) is 16.6 Å². The molecule has 1 amide bonds. The summed E-state index contributed by atoms with van der Waals surface area (Å²) in [6.07, 6.45) is 5.49. The lowest BCUT2D eigenvalue weighted by Crippen LogP contribution is -2.56. The van der Waals surface area contributed by atoms with Crippen molar-refractivity contribution < 1.29 is 9.53 Å². The number of rotatable bonds is 5. The van der Waals surface area contributed by atoms with Gasteiger partial charge in [0.25, 0.3) is 0 Å². The molecule has 0 radical (unpaired) electrons. The zero-order valence-electron chi connectivity index (χ0n) is 17.2. The van der Waals surface area contributed by atoms with Gasteiger partial charge in [-0.1, -0.05) is 24.3 Å². The van der Waals surface area contributed by atoms with Gasteiger partial charge in [-0.15, -0.1) is 0 Å². The average Bonchev–Trinajstić information content (AvgIpc) is 3.57. The average molecular weight is 413 g/mol. The summed E-state index contributed by atoms with van der Waals surface area (Å²) in [4.78, 5) is 25.1. The van der Waals surface area contributed by atoms with E-state index in [2.05, 4.69) is 20.8 Å². The van der Waals surface area contributed by atoms with Gasteiger partial charge in [-0.05, 0) is 43.4 Å². The fourth-order valence-electron chi connectivity index (χ4n) is 4.85. The van der Waals surface area contributed by atoms with Crippen molar-refractivity contribution in [1.82, 2.24) is 9.88 Å². The van der Waals surface area contributed by atoms with Gasteiger partial charge in [0, 0.05) is 31.4 Å². The highest BCUT2D eigenvalue weighted by Gasteiger charge is 2.47. The Morgan fingerprint density at radius 2 is 1.90 bits per heavy atom. The van der Waals surface area contributed by atoms with Crippen LogP contribution >= 0.6 is 0 Å². The van der Waals surface area contributed by atoms with Crippen LogP contribution in [0, 0.1) is 17.9 Å². The maximum absolute atomic E-state index is 12.9. The lowest BCUT2D eigenvalue weighted by molar-refractivity contribution is -0.140. The predicted octanol–water partition coefficient (Wildman–Crippen LogP) is 3.39. The van der Waals surface area contributed by atoms with Crippen molar-refractivity contribution in [1.29, 1.82) is 5.26 Å². The Morgan fingerprint density at radius 1 is 1.19 bits per heavy atom. The van der Waals surface area contributed by atoms with E-state index in [0.29, 0.717) is 24.3 Å². The number of pyridine rings is 1. The molecule has 1 aromatic heterocycles. The number of benzene rings is 1. The molecular formula is C24H23N5O2. The van der Waals surface area contributed by atoms with Crippen molar-refractivity contribution in [2.75, 3.05) is 24.6 Å². The van der Waals surface area contributed by atoms with E-state index in [1.54, 1.807) is 12.3 Å². The van der Waals surface area contributed by atoms with Gasteiger partial charge < -0.3 is 14.5 Å². The van der Waals surface area contributed by atoms with Crippen LogP contribution in [-0.4, -0.2) is 47.6 Å². The van der Waals surface area contributed by atoms with Crippen molar-refractivity contribution in [3.63, 3.8) is 0 Å². The maximum Gasteiger partial charge on any atom is 0.248 e. The van der Waals surface area contributed by atoms with Crippen molar-refractivity contribution in [2.45, 2.75) is 43.4 Å². The Kier molecular flexibility index (Phi) is 4.84. The first-order valence-electron chi connectivity index (χ1n) is 10.7. The quantitative estimate of drug-likeness (QED) is 0.703. The van der Waals surface area contributed by atoms with E-state index >= 15 is 0 Å². The molecule has 7 nitrogen and oxygen atoms in total. The number of anilines is 1. The number of hydrogen-bond donors (Lipinski definition) is 0. The van der Waals surface area contributed by atoms with Gasteiger partial charge in [0.05, 0.1) is 17.7 Å². The third-order valence-electron chi connectivity index (χ3n) is 6.67. The number of carbonyl (C=O) groups excluding carboxylic acids is 1. The Hall–Kier alpha value is -3.42. The highest BCUT2D eigenvalue weighted by atomic mass is 16.5. The molecule has 7 heteroatoms. The summed E-state index contributed by atoms with van der Waals surface area (Å²) in [5, 5.41) is 8.99. The number of fused-ring (bicyclic) bond motifs is 2. The van der Waals surface area contributed by atoms with Gasteiger partial charge in [-0.25, -0.2) is 9.83 Å². The molecular weight excluding hydrogens is 390 g/mol. The van der Waals surface area contributed by atoms with Crippen LogP contribution in [-0.2, 0) is 15.1 Å². The maximum atomic E-state index is 12.9. The predicted molar refractivity (Wildman–Crippen MR) is 114 cm³/mol. The summed E-state index contributed by atoms with van der Waals surface area (Å²) in [6, 6.07) is 13.8. The van der Waals surface area contributed by atoms with Crippen LogP contribution in [0.2, 0.25) is 0 Å². The molecule has 0 spiro atoms. The largest absolute Gasteiger partial charge is 0.360 e. The highest BCUT2D eigenvalue weighted by molar-refractivity contribution is 5.78. The van der Waals surface area contributed by atoms with Crippen LogP contribution in [0.15, 0.2) is 42.6 Å². The van der Waals surface area contributed by atoms with Crippen LogP contribution in [0.25, 0.3) is 4.85 Å². The Balaban J connectivity index is 1.21. The van der Waals surface area contributed by atoms with Crippen LogP contribution in [0.4, 0.5) is 11.5 Å². The summed E-state index contributed by atoms with van der Waals surface area (Å²) in [7, 11) is 0. The highest BCUT2D eigenvalue weighted by Crippen LogP contribution is 2.49. The van der Waals surface area contributed by atoms with E-state index in [1.807, 2.05) is 35.2 Å². The summed E-state index contributed by atoms with van der Waals surface area (Å²) in [5.41, 5.74) is 1.84. The minimum atomic E-state index is -0.372. The van der Waals surface area contributed by atoms with Crippen molar-refractivity contribution >= 4 is 17.4 Å². The van der Waals surface area contributed by atoms with Gasteiger partial charge >= 0.3 is 0 Å². The minimum absolute atomic E-state index is 0.0355. The summed E-state index contributed by atoms with van der Waals surface area (Å²) in [5.74, 6) is 0.919. The van der Waals surface area contributed by atoms with Crippen LogP contribution in [0.1, 0.15) is 36.8 Å². The molecule has 3 heterocycles. The topological polar surface area (TPSA) is 73.8 Å². The first-order chi connectivity index (χ1) is 15.1. The second-order valence-electron chi connectivity index (χ2n) is 8.55. The Bertz CT molecular complexity index is 1050. The van der Waals surface area contributed by atoms with Gasteiger partial charge in [0.1, 0.15) is 18.5 Å². The second kappa shape index (κ2) is 7.68. The molecule has 3 fully saturated rings. The van der Waals surface area contributed by atoms with Crippen LogP contribution < -0.4 is 4.90 Å². The van der Waals surface area contributed by atoms with Gasteiger partial charge in [0.2, 0.25) is 5.91 Å². The zero-order valence-corrected chi connectivity index (χ0v) is 17.2. The molecule has 1 aliphatic carbocycles. The minimum Gasteiger partial charge on any atom is -0.360 e. The molecule has 2 aromatic rings. The third-order valence-corrected chi connectivity index (χ3v) is 6.67. The number of hydrogen-bond acceptors (Lipinski definition) is 5. The molecule has 1 unspecified atom stereocenters. The zero-order chi connectivity index (χ0) is 21.4. The molecule has 1 saturated carbocycles. The molecule has 0 N–H and O–H groups in total. The third kappa shape index (κ3) is 3.62. The number of piperazine rings is 1. The molecule has 5 rings (SSSR count). The van der Waals surface area contributed by atoms with E-state index in [1.165, 1.54) is 0 Å². The number of likely N-dealkylation sites (tertiary alicyclic amines) is 1. The van der Waals surface area contributed by atoms with E-state index in [0.717, 1.165) is 37.1 Å². The van der Waals surface area contributed by atoms with Crippen LogP contribution in [0.3, 0.4) is 0 Å². The summed E-state index contributed by atoms with van der Waals surface area (Å²) < 4.78 is 6.12. The van der Waals surface area contributed by atoms with Crippen molar-refractivity contribution in [2.24, 2.45) is 0 Å². The molecule has 2 atom stereocenters. The lowest BCUT2D eigenvalue weighted by atomic mass is 10.1. The number of ether oxygens (including phenoxy) is 1. The summed E-state index contributed by atoms with van der Waals surface area (Å²) in [6.45, 7) is 8.51. The van der Waals surface area contributed by atoms with Gasteiger partial charge in [0.15, 0.2) is 5.69 Å². The second-order valence-corrected chi connectivity index (χ2v) is 8.55. The van der Waals surface area contributed by atoms with E-state index in [-0.39, 0.29) is 30.2 Å². The fraction of sp³-hybridized carbons (Fsp3) is 0.417. The van der Waals surface area contributed by atoms with Gasteiger partial charge in [-0.3, -0.25) is 4.79 Å². The fourth-order valence-corrected chi connectivity index (χ4v) is 4.85. The molecule has 1 aromatic carbocycles. The van der Waals surface area contributed by atoms with Gasteiger partial charge in [-0.2, -0.15) is 5.26 Å². The number of nitrogens with zero attached hydrogens (tertiary/aromatic N) is 5. The number of carbonyl (C=O) groups is 1. The normalized spacial score (nSPS) is 23.2. The molecule has 3 aliphatic rings. The van der Waals surface area contributed by atoms with Crippen molar-refractivity contribution in [3.8, 4) is 6.07 Å². The smallest absolute Gasteiger partial charge is 0.248 e. The van der Waals surface area contributed by atoms with Crippen molar-refractivity contribution in [3.05, 3.63) is 65.1 Å². The number of amides is 1. The van der Waals surface area contributed by atoms with E-state index in [9.17, 15) is 4.79 Å². The van der Waals surface area contributed by atoms with Crippen LogP contribution in [0.5, 0.6) is 0 Å².